The summed E-state index contributed by atoms with van der Waals surface area (Å²) < 4.78 is 0. The highest BCUT2D eigenvalue weighted by atomic mass is 16.3. The van der Waals surface area contributed by atoms with E-state index in [9.17, 15) is 10.2 Å². The van der Waals surface area contributed by atoms with Crippen LogP contribution in [0.3, 0.4) is 0 Å². The molecule has 2 rings (SSSR count). The maximum Gasteiger partial charge on any atom is 0.0585 e. The smallest absolute Gasteiger partial charge is 0.0585 e. The normalized spacial score (nSPS) is 24.9. The molecule has 0 radical (unpaired) electrons. The second kappa shape index (κ2) is 16.2. The molecule has 2 nitrogen and oxygen atoms in total. The van der Waals surface area contributed by atoms with Crippen LogP contribution in [0.4, 0.5) is 0 Å². The number of aliphatic hydroxyl groups excluding tert-OH is 2. The molecule has 0 saturated heterocycles. The van der Waals surface area contributed by atoms with Crippen molar-refractivity contribution in [2.24, 2.45) is 10.8 Å². The zero-order valence-electron chi connectivity index (χ0n) is 28.2. The van der Waals surface area contributed by atoms with E-state index in [4.69, 9.17) is 0 Å². The van der Waals surface area contributed by atoms with Crippen LogP contribution >= 0.6 is 0 Å². The summed E-state index contributed by atoms with van der Waals surface area (Å²) in [6.45, 7) is 21.8. The fraction of sp³-hybridized carbons (Fsp3) is 0.500. The van der Waals surface area contributed by atoms with Crippen molar-refractivity contribution >= 4 is 0 Å². The summed E-state index contributed by atoms with van der Waals surface area (Å²) in [7, 11) is 0. The maximum absolute atomic E-state index is 10.1. The predicted molar refractivity (Wildman–Crippen MR) is 184 cm³/mol. The van der Waals surface area contributed by atoms with Crippen molar-refractivity contribution in [2.75, 3.05) is 0 Å². The summed E-state index contributed by atoms with van der Waals surface area (Å²) >= 11 is 0. The van der Waals surface area contributed by atoms with E-state index in [1.165, 1.54) is 44.6 Å². The van der Waals surface area contributed by atoms with E-state index in [1.807, 2.05) is 0 Å². The van der Waals surface area contributed by atoms with Gasteiger partial charge in [0, 0.05) is 0 Å². The van der Waals surface area contributed by atoms with Gasteiger partial charge < -0.3 is 10.2 Å². The quantitative estimate of drug-likeness (QED) is 0.243. The largest absolute Gasteiger partial charge is 0.393 e. The third-order valence-corrected chi connectivity index (χ3v) is 8.55. The van der Waals surface area contributed by atoms with Gasteiger partial charge in [0.05, 0.1) is 12.2 Å². The lowest BCUT2D eigenvalue weighted by Crippen LogP contribution is -2.28. The standard InChI is InChI=1S/C40H58O2/c1-29(17-13-19-31(3)21-23-37-33(5)25-35(41)27-39(37,7)8)15-11-12-16-30(2)18-14-20-32(4)22-24-38-34(6)26-36(42)28-40(38,9)10/h11-13,15-17,19-24,35-36,41-42H,14,18,25-28H2,1-10H3/b12-11+,17-13+,23-21+,24-22+,29-15+,30-16+,31-19+,32-20+/t35-,36+/m1/s1. The van der Waals surface area contributed by atoms with Crippen molar-refractivity contribution in [2.45, 2.75) is 120 Å². The SMILES string of the molecule is CC1=C(/C=C/C(C)=C/C=C/C(C)=C/C=C/C=C(\C)CC/C=C(C)/C=C/C2=C(C)C[C@H](O)CC2(C)C)C(C)(C)C[C@H](O)C1. The number of rotatable bonds is 11. The summed E-state index contributed by atoms with van der Waals surface area (Å²) in [4.78, 5) is 0. The van der Waals surface area contributed by atoms with Crippen LogP contribution in [-0.4, -0.2) is 22.4 Å². The van der Waals surface area contributed by atoms with Crippen LogP contribution in [0.25, 0.3) is 0 Å². The molecule has 0 aromatic rings. The van der Waals surface area contributed by atoms with Gasteiger partial charge in [0.2, 0.25) is 0 Å². The van der Waals surface area contributed by atoms with Crippen LogP contribution in [-0.2, 0) is 0 Å². The average Bonchev–Trinajstić information content (AvgIpc) is 2.84. The number of aliphatic hydroxyl groups is 2. The Morgan fingerprint density at radius 3 is 1.64 bits per heavy atom. The Balaban J connectivity index is 1.85. The second-order valence-corrected chi connectivity index (χ2v) is 14.0. The summed E-state index contributed by atoms with van der Waals surface area (Å²) in [6, 6.07) is 0. The molecule has 0 aliphatic heterocycles. The minimum absolute atomic E-state index is 0.00964. The van der Waals surface area contributed by atoms with Gasteiger partial charge in [-0.15, -0.1) is 0 Å². The molecule has 0 saturated carbocycles. The Bertz CT molecular complexity index is 1240. The first kappa shape index (κ1) is 35.5. The predicted octanol–water partition coefficient (Wildman–Crippen LogP) is 10.8. The van der Waals surface area contributed by atoms with Crippen molar-refractivity contribution in [1.82, 2.24) is 0 Å². The van der Waals surface area contributed by atoms with Crippen LogP contribution in [0.15, 0.2) is 117 Å². The third-order valence-electron chi connectivity index (χ3n) is 8.55. The summed E-state index contributed by atoms with van der Waals surface area (Å²) in [5.41, 5.74) is 10.4. The summed E-state index contributed by atoms with van der Waals surface area (Å²) in [5, 5.41) is 20.2. The van der Waals surface area contributed by atoms with E-state index in [1.54, 1.807) is 0 Å². The highest BCUT2D eigenvalue weighted by molar-refractivity contribution is 5.38. The van der Waals surface area contributed by atoms with Crippen LogP contribution < -0.4 is 0 Å². The Morgan fingerprint density at radius 1 is 0.667 bits per heavy atom. The molecule has 2 aliphatic rings. The lowest BCUT2D eigenvalue weighted by atomic mass is 9.71. The Hall–Kier alpha value is -2.68. The first-order chi connectivity index (χ1) is 19.6. The van der Waals surface area contributed by atoms with Crippen molar-refractivity contribution in [3.8, 4) is 0 Å². The van der Waals surface area contributed by atoms with E-state index < -0.39 is 0 Å². The highest BCUT2D eigenvalue weighted by Crippen LogP contribution is 2.42. The molecule has 0 bridgehead atoms. The van der Waals surface area contributed by atoms with E-state index in [2.05, 4.69) is 142 Å². The Kier molecular flexibility index (Phi) is 13.7. The fourth-order valence-electron chi connectivity index (χ4n) is 6.36. The van der Waals surface area contributed by atoms with Gasteiger partial charge in [-0.3, -0.25) is 0 Å². The molecule has 2 atom stereocenters. The van der Waals surface area contributed by atoms with E-state index >= 15 is 0 Å². The first-order valence-electron chi connectivity index (χ1n) is 15.8. The monoisotopic (exact) mass is 570 g/mol. The zero-order valence-corrected chi connectivity index (χ0v) is 28.2. The summed E-state index contributed by atoms with van der Waals surface area (Å²) in [5.74, 6) is 0. The number of hydrogen-bond acceptors (Lipinski definition) is 2. The van der Waals surface area contributed by atoms with Crippen molar-refractivity contribution in [1.29, 1.82) is 0 Å². The first-order valence-corrected chi connectivity index (χ1v) is 15.8. The molecule has 0 spiro atoms. The molecule has 0 unspecified atom stereocenters. The molecular formula is C40H58O2. The minimum atomic E-state index is -0.223. The summed E-state index contributed by atoms with van der Waals surface area (Å²) in [6.07, 6.45) is 31.0. The molecule has 0 aromatic heterocycles. The van der Waals surface area contributed by atoms with E-state index in [-0.39, 0.29) is 23.0 Å². The molecule has 230 valence electrons. The Morgan fingerprint density at radius 2 is 1.12 bits per heavy atom. The van der Waals surface area contributed by atoms with Gasteiger partial charge >= 0.3 is 0 Å². The molecule has 2 N–H and O–H groups in total. The van der Waals surface area contributed by atoms with Crippen molar-refractivity contribution in [3.63, 3.8) is 0 Å². The average molecular weight is 571 g/mol. The van der Waals surface area contributed by atoms with Gasteiger partial charge in [-0.1, -0.05) is 134 Å². The fourth-order valence-corrected chi connectivity index (χ4v) is 6.36. The number of allylic oxidation sites excluding steroid dienone is 18. The van der Waals surface area contributed by atoms with Gasteiger partial charge in [0.25, 0.3) is 0 Å². The van der Waals surface area contributed by atoms with E-state index in [0.29, 0.717) is 0 Å². The van der Waals surface area contributed by atoms with Gasteiger partial charge in [0.1, 0.15) is 0 Å². The molecule has 2 aliphatic carbocycles. The maximum atomic E-state index is 10.1. The van der Waals surface area contributed by atoms with E-state index in [0.717, 1.165) is 38.5 Å². The number of hydrogen-bond donors (Lipinski definition) is 2. The van der Waals surface area contributed by atoms with Gasteiger partial charge in [-0.2, -0.15) is 0 Å². The van der Waals surface area contributed by atoms with Crippen molar-refractivity contribution in [3.05, 3.63) is 117 Å². The third kappa shape index (κ3) is 11.9. The molecular weight excluding hydrogens is 512 g/mol. The van der Waals surface area contributed by atoms with Crippen LogP contribution in [0.1, 0.15) is 108 Å². The highest BCUT2D eigenvalue weighted by Gasteiger charge is 2.32. The van der Waals surface area contributed by atoms with Crippen LogP contribution in [0, 0.1) is 10.8 Å². The lowest BCUT2D eigenvalue weighted by Gasteiger charge is -2.35. The minimum Gasteiger partial charge on any atom is -0.393 e. The lowest BCUT2D eigenvalue weighted by molar-refractivity contribution is 0.116. The topological polar surface area (TPSA) is 40.5 Å². The zero-order chi connectivity index (χ0) is 31.5. The molecule has 0 aromatic carbocycles. The molecule has 2 heteroatoms. The van der Waals surface area contributed by atoms with Crippen molar-refractivity contribution < 1.29 is 10.2 Å². The molecule has 42 heavy (non-hydrogen) atoms. The van der Waals surface area contributed by atoms with Gasteiger partial charge in [0.15, 0.2) is 0 Å². The van der Waals surface area contributed by atoms with Gasteiger partial charge in [-0.05, 0) is 102 Å². The molecule has 0 amide bonds. The van der Waals surface area contributed by atoms with Crippen LogP contribution in [0.5, 0.6) is 0 Å². The van der Waals surface area contributed by atoms with Crippen LogP contribution in [0.2, 0.25) is 0 Å². The second-order valence-electron chi connectivity index (χ2n) is 14.0. The Labute approximate surface area is 258 Å². The molecule has 0 fully saturated rings. The molecule has 0 heterocycles. The van der Waals surface area contributed by atoms with Gasteiger partial charge in [-0.25, -0.2) is 0 Å².